The van der Waals surface area contributed by atoms with Crippen molar-refractivity contribution in [2.45, 2.75) is 6.54 Å². The van der Waals surface area contributed by atoms with Crippen LogP contribution in [0.5, 0.6) is 0 Å². The van der Waals surface area contributed by atoms with E-state index in [1.165, 1.54) is 6.07 Å². The number of rotatable bonds is 4. The lowest BCUT2D eigenvalue weighted by atomic mass is 10.2. The number of hydrogen-bond acceptors (Lipinski definition) is 5. The maximum Gasteiger partial charge on any atom is 0.250 e. The van der Waals surface area contributed by atoms with Gasteiger partial charge in [-0.3, -0.25) is 4.90 Å². The molecule has 26 heavy (non-hydrogen) atoms. The number of piperazine rings is 1. The first-order chi connectivity index (χ1) is 12.7. The molecule has 1 aliphatic rings. The zero-order valence-corrected chi connectivity index (χ0v) is 15.7. The number of aromatic nitrogens is 4. The second-order valence-corrected chi connectivity index (χ2v) is 7.09. The van der Waals surface area contributed by atoms with Crippen LogP contribution in [0.3, 0.4) is 0 Å². The number of para-hydroxylation sites is 1. The average Bonchev–Trinajstić information content (AvgIpc) is 3.16. The highest BCUT2D eigenvalue weighted by atomic mass is 79.9. The average molecular weight is 417 g/mol. The lowest BCUT2D eigenvalue weighted by Crippen LogP contribution is -2.46. The molecule has 0 saturated carbocycles. The molecule has 1 aliphatic heterocycles. The molecule has 4 rings (SSSR count). The molecule has 8 heteroatoms. The van der Waals surface area contributed by atoms with Gasteiger partial charge in [0.05, 0.1) is 10.2 Å². The molecule has 1 saturated heterocycles. The van der Waals surface area contributed by atoms with Gasteiger partial charge < -0.3 is 4.90 Å². The van der Waals surface area contributed by atoms with Crippen LogP contribution in [0, 0.1) is 5.82 Å². The van der Waals surface area contributed by atoms with Gasteiger partial charge in [-0.2, -0.15) is 4.68 Å². The molecular weight excluding hydrogens is 399 g/mol. The summed E-state index contributed by atoms with van der Waals surface area (Å²) in [6.45, 7) is 4.29. The van der Waals surface area contributed by atoms with Gasteiger partial charge in [-0.05, 0) is 56.2 Å². The van der Waals surface area contributed by atoms with Crippen molar-refractivity contribution in [2.24, 2.45) is 0 Å². The van der Waals surface area contributed by atoms with Crippen molar-refractivity contribution in [3.8, 4) is 5.69 Å². The van der Waals surface area contributed by atoms with E-state index in [1.54, 1.807) is 4.68 Å². The van der Waals surface area contributed by atoms with E-state index in [4.69, 9.17) is 0 Å². The Morgan fingerprint density at radius 1 is 1.00 bits per heavy atom. The summed E-state index contributed by atoms with van der Waals surface area (Å²) >= 11 is 3.25. The van der Waals surface area contributed by atoms with Gasteiger partial charge in [-0.15, -0.1) is 0 Å². The molecule has 0 N–H and O–H groups in total. The van der Waals surface area contributed by atoms with Gasteiger partial charge >= 0.3 is 0 Å². The zero-order chi connectivity index (χ0) is 17.9. The van der Waals surface area contributed by atoms with Gasteiger partial charge in [0.15, 0.2) is 0 Å². The van der Waals surface area contributed by atoms with Crippen molar-refractivity contribution in [3.05, 3.63) is 64.4 Å². The van der Waals surface area contributed by atoms with Crippen LogP contribution in [0.1, 0.15) is 5.56 Å². The normalized spacial score (nSPS) is 15.4. The Morgan fingerprint density at radius 3 is 2.50 bits per heavy atom. The standard InChI is InChI=1S/C18H18BrFN6/c19-16-12-14(6-7-17(16)20)13-24-8-10-25(11-9-24)18-21-22-23-26(18)15-4-2-1-3-5-15/h1-7,12H,8-11,13H2. The van der Waals surface area contributed by atoms with Crippen LogP contribution in [0.2, 0.25) is 0 Å². The minimum Gasteiger partial charge on any atom is -0.337 e. The van der Waals surface area contributed by atoms with Crippen LogP contribution >= 0.6 is 15.9 Å². The highest BCUT2D eigenvalue weighted by Crippen LogP contribution is 2.20. The Balaban J connectivity index is 1.41. The Bertz CT molecular complexity index is 876. The zero-order valence-electron chi connectivity index (χ0n) is 14.1. The molecule has 0 bridgehead atoms. The van der Waals surface area contributed by atoms with Crippen LogP contribution in [-0.4, -0.2) is 51.3 Å². The van der Waals surface area contributed by atoms with Crippen molar-refractivity contribution in [1.29, 1.82) is 0 Å². The molecule has 6 nitrogen and oxygen atoms in total. The fourth-order valence-corrected chi connectivity index (χ4v) is 3.54. The molecular formula is C18H18BrFN6. The molecule has 134 valence electrons. The molecule has 1 fully saturated rings. The fourth-order valence-electron chi connectivity index (χ4n) is 3.12. The summed E-state index contributed by atoms with van der Waals surface area (Å²) in [5, 5.41) is 12.2. The summed E-state index contributed by atoms with van der Waals surface area (Å²) in [5.41, 5.74) is 2.05. The maximum atomic E-state index is 13.4. The number of halogens is 2. The van der Waals surface area contributed by atoms with Crippen LogP contribution in [-0.2, 0) is 6.54 Å². The van der Waals surface area contributed by atoms with Gasteiger partial charge in [0.25, 0.3) is 0 Å². The predicted molar refractivity (Wildman–Crippen MR) is 101 cm³/mol. The van der Waals surface area contributed by atoms with Crippen molar-refractivity contribution >= 4 is 21.9 Å². The lowest BCUT2D eigenvalue weighted by molar-refractivity contribution is 0.248. The van der Waals surface area contributed by atoms with Crippen LogP contribution in [0.25, 0.3) is 5.69 Å². The summed E-state index contributed by atoms with van der Waals surface area (Å²) < 4.78 is 15.7. The first-order valence-electron chi connectivity index (χ1n) is 8.46. The summed E-state index contributed by atoms with van der Waals surface area (Å²) in [7, 11) is 0. The largest absolute Gasteiger partial charge is 0.337 e. The molecule has 2 heterocycles. The van der Waals surface area contributed by atoms with Crippen LogP contribution in [0.4, 0.5) is 10.3 Å². The highest BCUT2D eigenvalue weighted by molar-refractivity contribution is 9.10. The topological polar surface area (TPSA) is 50.1 Å². The number of benzene rings is 2. The summed E-state index contributed by atoms with van der Waals surface area (Å²) in [6, 6.07) is 15.1. The number of tetrazole rings is 1. The quantitative estimate of drug-likeness (QED) is 0.654. The molecule has 1 aromatic heterocycles. The fraction of sp³-hybridized carbons (Fsp3) is 0.278. The van der Waals surface area contributed by atoms with Crippen molar-refractivity contribution in [3.63, 3.8) is 0 Å². The predicted octanol–water partition coefficient (Wildman–Crippen LogP) is 2.89. The van der Waals surface area contributed by atoms with E-state index in [9.17, 15) is 4.39 Å². The highest BCUT2D eigenvalue weighted by Gasteiger charge is 2.22. The Labute approximate surface area is 159 Å². The van der Waals surface area contributed by atoms with E-state index in [-0.39, 0.29) is 5.82 Å². The van der Waals surface area contributed by atoms with E-state index in [1.807, 2.05) is 42.5 Å². The Morgan fingerprint density at radius 2 is 1.77 bits per heavy atom. The van der Waals surface area contributed by atoms with E-state index in [0.29, 0.717) is 4.47 Å². The molecule has 0 unspecified atom stereocenters. The summed E-state index contributed by atoms with van der Waals surface area (Å²) in [6.07, 6.45) is 0. The first-order valence-corrected chi connectivity index (χ1v) is 9.25. The van der Waals surface area contributed by atoms with Crippen LogP contribution in [0.15, 0.2) is 53.0 Å². The third-order valence-corrected chi connectivity index (χ3v) is 5.11. The molecule has 0 spiro atoms. The first kappa shape index (κ1) is 17.1. The summed E-state index contributed by atoms with van der Waals surface area (Å²) in [5.74, 6) is 0.534. The minimum absolute atomic E-state index is 0.230. The van der Waals surface area contributed by atoms with Gasteiger partial charge in [0.2, 0.25) is 5.95 Å². The van der Waals surface area contributed by atoms with E-state index >= 15 is 0 Å². The Kier molecular flexibility index (Phi) is 4.94. The third kappa shape index (κ3) is 3.61. The molecule has 0 amide bonds. The van der Waals surface area contributed by atoms with E-state index in [0.717, 1.165) is 49.9 Å². The van der Waals surface area contributed by atoms with E-state index in [2.05, 4.69) is 41.3 Å². The molecule has 2 aromatic carbocycles. The molecule has 0 atom stereocenters. The minimum atomic E-state index is -0.230. The Hall–Kier alpha value is -2.32. The number of anilines is 1. The van der Waals surface area contributed by atoms with Crippen molar-refractivity contribution in [1.82, 2.24) is 25.1 Å². The lowest BCUT2D eigenvalue weighted by Gasteiger charge is -2.34. The van der Waals surface area contributed by atoms with Crippen LogP contribution < -0.4 is 4.90 Å². The maximum absolute atomic E-state index is 13.4. The smallest absolute Gasteiger partial charge is 0.250 e. The molecule has 3 aromatic rings. The van der Waals surface area contributed by atoms with Gasteiger partial charge in [-0.25, -0.2) is 4.39 Å². The van der Waals surface area contributed by atoms with Gasteiger partial charge in [0.1, 0.15) is 5.82 Å². The van der Waals surface area contributed by atoms with E-state index < -0.39 is 0 Å². The second-order valence-electron chi connectivity index (χ2n) is 6.24. The third-order valence-electron chi connectivity index (χ3n) is 4.50. The van der Waals surface area contributed by atoms with Gasteiger partial charge in [-0.1, -0.05) is 29.4 Å². The molecule has 0 radical (unpaired) electrons. The molecule has 0 aliphatic carbocycles. The summed E-state index contributed by atoms with van der Waals surface area (Å²) in [4.78, 5) is 4.55. The van der Waals surface area contributed by atoms with Crippen molar-refractivity contribution in [2.75, 3.05) is 31.1 Å². The second kappa shape index (κ2) is 7.51. The van der Waals surface area contributed by atoms with Crippen molar-refractivity contribution < 1.29 is 4.39 Å². The monoisotopic (exact) mass is 416 g/mol. The number of nitrogens with zero attached hydrogens (tertiary/aromatic N) is 6. The number of hydrogen-bond donors (Lipinski definition) is 0. The van der Waals surface area contributed by atoms with Gasteiger partial charge in [0, 0.05) is 32.7 Å². The SMILES string of the molecule is Fc1ccc(CN2CCN(c3nnnn3-c3ccccc3)CC2)cc1Br.